The van der Waals surface area contributed by atoms with Crippen LogP contribution in [0.5, 0.6) is 5.75 Å². The Balaban J connectivity index is 1.79. The molecule has 0 aliphatic rings. The van der Waals surface area contributed by atoms with Crippen molar-refractivity contribution in [3.63, 3.8) is 0 Å². The predicted molar refractivity (Wildman–Crippen MR) is 88.5 cm³/mol. The maximum atomic E-state index is 11.9. The Morgan fingerprint density at radius 2 is 2.09 bits per heavy atom. The standard InChI is InChI=1S/C17H21NO3S/c1-12-5-4-6-14(9-12)21-11-17(19)18-10-15(20-3)16-8-7-13(2)22-16/h4-9,15H,10-11H2,1-3H3,(H,18,19). The van der Waals surface area contributed by atoms with Crippen molar-refractivity contribution < 1.29 is 14.3 Å². The van der Waals surface area contributed by atoms with Gasteiger partial charge in [-0.15, -0.1) is 11.3 Å². The van der Waals surface area contributed by atoms with Gasteiger partial charge in [-0.1, -0.05) is 12.1 Å². The number of ether oxygens (including phenoxy) is 2. The lowest BCUT2D eigenvalue weighted by Crippen LogP contribution is -2.32. The van der Waals surface area contributed by atoms with Crippen LogP contribution in [-0.4, -0.2) is 26.2 Å². The second-order valence-electron chi connectivity index (χ2n) is 5.08. The fourth-order valence-electron chi connectivity index (χ4n) is 2.04. The molecule has 1 aromatic carbocycles. The van der Waals surface area contributed by atoms with Crippen LogP contribution in [0.4, 0.5) is 0 Å². The molecule has 4 nitrogen and oxygen atoms in total. The molecule has 1 N–H and O–H groups in total. The van der Waals surface area contributed by atoms with Gasteiger partial charge in [0, 0.05) is 23.4 Å². The first-order valence-corrected chi connectivity index (χ1v) is 7.95. The average molecular weight is 319 g/mol. The van der Waals surface area contributed by atoms with Crippen molar-refractivity contribution in [1.82, 2.24) is 5.32 Å². The van der Waals surface area contributed by atoms with Crippen molar-refractivity contribution >= 4 is 17.2 Å². The van der Waals surface area contributed by atoms with Crippen molar-refractivity contribution in [1.29, 1.82) is 0 Å². The highest BCUT2D eigenvalue weighted by molar-refractivity contribution is 7.12. The minimum Gasteiger partial charge on any atom is -0.484 e. The summed E-state index contributed by atoms with van der Waals surface area (Å²) in [5, 5.41) is 2.84. The van der Waals surface area contributed by atoms with Gasteiger partial charge in [0.15, 0.2) is 6.61 Å². The van der Waals surface area contributed by atoms with Crippen LogP contribution in [0.2, 0.25) is 0 Å². The summed E-state index contributed by atoms with van der Waals surface area (Å²) in [7, 11) is 1.65. The topological polar surface area (TPSA) is 47.6 Å². The van der Waals surface area contributed by atoms with Crippen LogP contribution in [0.1, 0.15) is 21.4 Å². The summed E-state index contributed by atoms with van der Waals surface area (Å²) in [6.07, 6.45) is -0.124. The number of hydrogen-bond donors (Lipinski definition) is 1. The van der Waals surface area contributed by atoms with Gasteiger partial charge in [0.2, 0.25) is 0 Å². The zero-order valence-electron chi connectivity index (χ0n) is 13.1. The summed E-state index contributed by atoms with van der Waals surface area (Å²) in [4.78, 5) is 14.2. The van der Waals surface area contributed by atoms with Gasteiger partial charge in [-0.3, -0.25) is 4.79 Å². The molecular weight excluding hydrogens is 298 g/mol. The summed E-state index contributed by atoms with van der Waals surface area (Å²) in [5.74, 6) is 0.546. The molecule has 1 atom stereocenters. The molecule has 0 fully saturated rings. The molecule has 5 heteroatoms. The third-order valence-corrected chi connectivity index (χ3v) is 4.30. The van der Waals surface area contributed by atoms with E-state index in [9.17, 15) is 4.79 Å². The molecule has 0 bridgehead atoms. The quantitative estimate of drug-likeness (QED) is 0.852. The van der Waals surface area contributed by atoms with Gasteiger partial charge < -0.3 is 14.8 Å². The summed E-state index contributed by atoms with van der Waals surface area (Å²) >= 11 is 1.68. The summed E-state index contributed by atoms with van der Waals surface area (Å²) in [5.41, 5.74) is 1.10. The molecule has 22 heavy (non-hydrogen) atoms. The first kappa shape index (κ1) is 16.5. The molecule has 0 radical (unpaired) electrons. The number of methoxy groups -OCH3 is 1. The number of hydrogen-bond acceptors (Lipinski definition) is 4. The Bertz CT molecular complexity index is 624. The van der Waals surface area contributed by atoms with Crippen LogP contribution in [0.15, 0.2) is 36.4 Å². The number of aryl methyl sites for hydroxylation is 2. The second kappa shape index (κ2) is 7.96. The van der Waals surface area contributed by atoms with Gasteiger partial charge >= 0.3 is 0 Å². The highest BCUT2D eigenvalue weighted by Gasteiger charge is 2.14. The zero-order chi connectivity index (χ0) is 15.9. The minimum absolute atomic E-state index is 0.00333. The lowest BCUT2D eigenvalue weighted by Gasteiger charge is -2.15. The molecule has 0 aliphatic carbocycles. The number of nitrogens with one attached hydrogen (secondary N) is 1. The Labute approximate surface area is 135 Å². The molecule has 0 aliphatic heterocycles. The summed E-state index contributed by atoms with van der Waals surface area (Å²) in [6, 6.07) is 11.7. The first-order valence-electron chi connectivity index (χ1n) is 7.14. The fourth-order valence-corrected chi connectivity index (χ4v) is 2.99. The number of benzene rings is 1. The van der Waals surface area contributed by atoms with Crippen LogP contribution in [0.25, 0.3) is 0 Å². The highest BCUT2D eigenvalue weighted by atomic mass is 32.1. The molecule has 0 saturated carbocycles. The summed E-state index contributed by atoms with van der Waals surface area (Å²) < 4.78 is 10.9. The van der Waals surface area contributed by atoms with Crippen LogP contribution in [-0.2, 0) is 9.53 Å². The predicted octanol–water partition coefficient (Wildman–Crippen LogP) is 3.25. The molecule has 2 aromatic rings. The largest absolute Gasteiger partial charge is 0.484 e. The van der Waals surface area contributed by atoms with Gasteiger partial charge in [-0.2, -0.15) is 0 Å². The Hall–Kier alpha value is -1.85. The van der Waals surface area contributed by atoms with E-state index in [4.69, 9.17) is 9.47 Å². The van der Waals surface area contributed by atoms with Gasteiger partial charge in [0.1, 0.15) is 11.9 Å². The van der Waals surface area contributed by atoms with Gasteiger partial charge in [-0.05, 0) is 43.7 Å². The van der Waals surface area contributed by atoms with Crippen molar-refractivity contribution in [2.45, 2.75) is 20.0 Å². The van der Waals surface area contributed by atoms with Crippen molar-refractivity contribution in [2.75, 3.05) is 20.3 Å². The van der Waals surface area contributed by atoms with Gasteiger partial charge in [-0.25, -0.2) is 0 Å². The molecule has 1 amide bonds. The third kappa shape index (κ3) is 4.86. The smallest absolute Gasteiger partial charge is 0.258 e. The van der Waals surface area contributed by atoms with Crippen molar-refractivity contribution in [2.24, 2.45) is 0 Å². The first-order chi connectivity index (χ1) is 10.6. The second-order valence-corrected chi connectivity index (χ2v) is 6.40. The Morgan fingerprint density at radius 1 is 1.27 bits per heavy atom. The molecule has 2 rings (SSSR count). The maximum Gasteiger partial charge on any atom is 0.258 e. The molecule has 0 saturated heterocycles. The Morgan fingerprint density at radius 3 is 2.73 bits per heavy atom. The number of carbonyl (C=O) groups excluding carboxylic acids is 1. The number of amides is 1. The van der Waals surface area contributed by atoms with E-state index in [1.165, 1.54) is 4.88 Å². The normalized spacial score (nSPS) is 12.0. The van der Waals surface area contributed by atoms with E-state index in [0.717, 1.165) is 10.4 Å². The van der Waals surface area contributed by atoms with E-state index in [-0.39, 0.29) is 18.6 Å². The van der Waals surface area contributed by atoms with Crippen LogP contribution in [0, 0.1) is 13.8 Å². The molecule has 1 aromatic heterocycles. The van der Waals surface area contributed by atoms with Crippen LogP contribution < -0.4 is 10.1 Å². The molecule has 1 heterocycles. The summed E-state index contributed by atoms with van der Waals surface area (Å²) in [6.45, 7) is 4.48. The van der Waals surface area contributed by atoms with E-state index < -0.39 is 0 Å². The van der Waals surface area contributed by atoms with E-state index in [0.29, 0.717) is 12.3 Å². The molecule has 1 unspecified atom stereocenters. The van der Waals surface area contributed by atoms with Crippen LogP contribution in [0.3, 0.4) is 0 Å². The molecule has 118 valence electrons. The number of rotatable bonds is 7. The fraction of sp³-hybridized carbons (Fsp3) is 0.353. The van der Waals surface area contributed by atoms with E-state index in [2.05, 4.69) is 18.3 Å². The highest BCUT2D eigenvalue weighted by Crippen LogP contribution is 2.24. The van der Waals surface area contributed by atoms with Gasteiger partial charge in [0.05, 0.1) is 0 Å². The zero-order valence-corrected chi connectivity index (χ0v) is 13.9. The molecular formula is C17H21NO3S. The van der Waals surface area contributed by atoms with E-state index in [1.807, 2.05) is 37.3 Å². The lowest BCUT2D eigenvalue weighted by molar-refractivity contribution is -0.123. The van der Waals surface area contributed by atoms with Crippen molar-refractivity contribution in [3.8, 4) is 5.75 Å². The number of thiophene rings is 1. The Kier molecular flexibility index (Phi) is 5.98. The number of carbonyl (C=O) groups is 1. The van der Waals surface area contributed by atoms with Gasteiger partial charge in [0.25, 0.3) is 5.91 Å². The van der Waals surface area contributed by atoms with E-state index >= 15 is 0 Å². The monoisotopic (exact) mass is 319 g/mol. The van der Waals surface area contributed by atoms with Crippen molar-refractivity contribution in [3.05, 3.63) is 51.7 Å². The van der Waals surface area contributed by atoms with Crippen LogP contribution >= 0.6 is 11.3 Å². The maximum absolute atomic E-state index is 11.9. The van der Waals surface area contributed by atoms with E-state index in [1.54, 1.807) is 18.4 Å². The lowest BCUT2D eigenvalue weighted by atomic mass is 10.2. The average Bonchev–Trinajstić information content (AvgIpc) is 2.92. The SMILES string of the molecule is COC(CNC(=O)COc1cccc(C)c1)c1ccc(C)s1. The molecule has 0 spiro atoms. The third-order valence-electron chi connectivity index (χ3n) is 3.21. The minimum atomic E-state index is -0.156.